The van der Waals surface area contributed by atoms with Gasteiger partial charge < -0.3 is 15.2 Å². The Balaban J connectivity index is 1.90. The second-order valence-electron chi connectivity index (χ2n) is 11.0. The largest absolute Gasteiger partial charge is 0.457 e. The molecule has 1 aromatic rings. The predicted molar refractivity (Wildman–Crippen MR) is 137 cm³/mol. The van der Waals surface area contributed by atoms with Crippen LogP contribution in [0.5, 0.6) is 0 Å². The first kappa shape index (κ1) is 25.4. The van der Waals surface area contributed by atoms with Gasteiger partial charge in [-0.25, -0.2) is 0 Å². The first-order chi connectivity index (χ1) is 16.7. The fraction of sp³-hybridized carbons (Fsp3) is 0.533. The third-order valence-electron chi connectivity index (χ3n) is 8.42. The van der Waals surface area contributed by atoms with Crippen molar-refractivity contribution in [2.75, 3.05) is 0 Å². The lowest BCUT2D eigenvalue weighted by molar-refractivity contribution is -0.166. The van der Waals surface area contributed by atoms with Crippen LogP contribution in [0.4, 0.5) is 0 Å². The van der Waals surface area contributed by atoms with Crippen molar-refractivity contribution in [3.8, 4) is 0 Å². The van der Waals surface area contributed by atoms with Gasteiger partial charge in [-0.3, -0.25) is 9.59 Å². The minimum absolute atomic E-state index is 0.143. The SMILES string of the molecule is C=C1[C@@H](C)[C@H]2[C@H](Cc3ccccc3)NC(=O)[C@]23[C@H](OC(C)=O)/C=C/[C@@H](C)C[C@@H](C)C/C=C/[C@H]3[C@@H]1O. The van der Waals surface area contributed by atoms with Gasteiger partial charge in [-0.05, 0) is 54.2 Å². The number of ether oxygens (including phenoxy) is 1. The fourth-order valence-electron chi connectivity index (χ4n) is 6.85. The molecule has 1 aliphatic heterocycles. The average molecular weight is 478 g/mol. The monoisotopic (exact) mass is 477 g/mol. The summed E-state index contributed by atoms with van der Waals surface area (Å²) in [6, 6.07) is 9.94. The van der Waals surface area contributed by atoms with Gasteiger partial charge in [0.15, 0.2) is 0 Å². The van der Waals surface area contributed by atoms with Crippen LogP contribution in [0.2, 0.25) is 0 Å². The fourth-order valence-corrected chi connectivity index (χ4v) is 6.85. The zero-order chi connectivity index (χ0) is 25.3. The Hall–Kier alpha value is -2.66. The third kappa shape index (κ3) is 4.63. The van der Waals surface area contributed by atoms with Crippen molar-refractivity contribution in [1.29, 1.82) is 0 Å². The summed E-state index contributed by atoms with van der Waals surface area (Å²) in [5.41, 5.74) is 0.729. The molecular formula is C30H39NO4. The Morgan fingerprint density at radius 3 is 2.57 bits per heavy atom. The number of aliphatic hydroxyl groups is 1. The summed E-state index contributed by atoms with van der Waals surface area (Å²) in [5, 5.41) is 14.8. The molecule has 2 N–H and O–H groups in total. The highest BCUT2D eigenvalue weighted by molar-refractivity contribution is 5.89. The van der Waals surface area contributed by atoms with Crippen molar-refractivity contribution in [2.24, 2.45) is 35.0 Å². The first-order valence-electron chi connectivity index (χ1n) is 12.9. The summed E-state index contributed by atoms with van der Waals surface area (Å²) in [4.78, 5) is 26.5. The summed E-state index contributed by atoms with van der Waals surface area (Å²) in [6.45, 7) is 12.1. The smallest absolute Gasteiger partial charge is 0.303 e. The standard InChI is InChI=1S/C30H39NO4/c1-18-10-9-13-24-28(33)21(4)20(3)27-25(17-23-11-7-6-8-12-23)31-29(34)30(24,27)26(35-22(5)32)15-14-19(2)16-18/h6-9,11-15,18-20,24-28,33H,4,10,16-17H2,1-3,5H3,(H,31,34)/b13-9+,15-14+/t18-,19+,20+,24-,25-,26+,27-,28+,30+/m0/s1. The predicted octanol–water partition coefficient (Wildman–Crippen LogP) is 4.62. The van der Waals surface area contributed by atoms with Crippen LogP contribution in [0.25, 0.3) is 0 Å². The van der Waals surface area contributed by atoms with Crippen LogP contribution in [0.3, 0.4) is 0 Å². The van der Waals surface area contributed by atoms with Crippen LogP contribution in [0.15, 0.2) is 66.8 Å². The Bertz CT molecular complexity index is 1010. The molecule has 4 rings (SSSR count). The molecule has 1 spiro atoms. The molecule has 2 fully saturated rings. The second-order valence-corrected chi connectivity index (χ2v) is 11.0. The molecule has 0 unspecified atom stereocenters. The van der Waals surface area contributed by atoms with Gasteiger partial charge in [-0.15, -0.1) is 0 Å². The third-order valence-corrected chi connectivity index (χ3v) is 8.42. The minimum atomic E-state index is -1.13. The van der Waals surface area contributed by atoms with Crippen molar-refractivity contribution in [2.45, 2.75) is 65.2 Å². The summed E-state index contributed by atoms with van der Waals surface area (Å²) in [7, 11) is 0. The van der Waals surface area contributed by atoms with Crippen LogP contribution >= 0.6 is 0 Å². The van der Waals surface area contributed by atoms with E-state index in [0.29, 0.717) is 12.3 Å². The zero-order valence-corrected chi connectivity index (χ0v) is 21.3. The average Bonchev–Trinajstić information content (AvgIpc) is 3.08. The molecule has 1 amide bonds. The van der Waals surface area contributed by atoms with E-state index in [2.05, 4.69) is 50.0 Å². The molecule has 0 aromatic heterocycles. The molecule has 1 aromatic carbocycles. The molecule has 35 heavy (non-hydrogen) atoms. The van der Waals surface area contributed by atoms with E-state index in [1.165, 1.54) is 6.92 Å². The normalized spacial score (nSPS) is 41.1. The quantitative estimate of drug-likeness (QED) is 0.492. The highest BCUT2D eigenvalue weighted by Gasteiger charge is 2.68. The number of benzene rings is 1. The molecule has 5 heteroatoms. The van der Waals surface area contributed by atoms with Gasteiger partial charge in [-0.2, -0.15) is 0 Å². The van der Waals surface area contributed by atoms with Crippen molar-refractivity contribution >= 4 is 11.9 Å². The number of rotatable bonds is 3. The van der Waals surface area contributed by atoms with Gasteiger partial charge in [-0.1, -0.05) is 75.9 Å². The zero-order valence-electron chi connectivity index (χ0n) is 21.3. The molecule has 5 nitrogen and oxygen atoms in total. The van der Waals surface area contributed by atoms with Gasteiger partial charge in [0.25, 0.3) is 0 Å². The Labute approximate surface area is 209 Å². The number of aliphatic hydroxyl groups excluding tert-OH is 1. The molecule has 3 aliphatic rings. The number of esters is 1. The van der Waals surface area contributed by atoms with Crippen LogP contribution in [0.1, 0.15) is 46.1 Å². The van der Waals surface area contributed by atoms with Crippen molar-refractivity contribution in [3.63, 3.8) is 0 Å². The number of hydrogen-bond donors (Lipinski definition) is 2. The van der Waals surface area contributed by atoms with Crippen LogP contribution in [0, 0.1) is 35.0 Å². The molecule has 9 atom stereocenters. The minimum Gasteiger partial charge on any atom is -0.457 e. The summed E-state index contributed by atoms with van der Waals surface area (Å²) < 4.78 is 5.95. The molecule has 1 saturated carbocycles. The maximum absolute atomic E-state index is 14.1. The van der Waals surface area contributed by atoms with E-state index < -0.39 is 29.5 Å². The van der Waals surface area contributed by atoms with Crippen molar-refractivity contribution in [1.82, 2.24) is 5.32 Å². The number of carbonyl (C=O) groups excluding carboxylic acids is 2. The van der Waals surface area contributed by atoms with E-state index in [9.17, 15) is 14.7 Å². The van der Waals surface area contributed by atoms with Crippen LogP contribution in [-0.4, -0.2) is 35.2 Å². The van der Waals surface area contributed by atoms with Gasteiger partial charge in [0.2, 0.25) is 5.91 Å². The number of amides is 1. The van der Waals surface area contributed by atoms with Crippen LogP contribution in [-0.2, 0) is 20.7 Å². The van der Waals surface area contributed by atoms with E-state index in [0.717, 1.165) is 24.0 Å². The maximum atomic E-state index is 14.1. The summed E-state index contributed by atoms with van der Waals surface area (Å²) >= 11 is 0. The number of nitrogens with one attached hydrogen (secondary N) is 1. The van der Waals surface area contributed by atoms with Crippen LogP contribution < -0.4 is 5.32 Å². The van der Waals surface area contributed by atoms with Gasteiger partial charge in [0, 0.05) is 24.8 Å². The van der Waals surface area contributed by atoms with Gasteiger partial charge in [0.1, 0.15) is 11.5 Å². The second kappa shape index (κ2) is 10.1. The molecule has 1 saturated heterocycles. The lowest BCUT2D eigenvalue weighted by Gasteiger charge is -2.52. The summed E-state index contributed by atoms with van der Waals surface area (Å²) in [6.07, 6.45) is 8.90. The molecule has 0 radical (unpaired) electrons. The number of carbonyl (C=O) groups is 2. The topological polar surface area (TPSA) is 75.6 Å². The van der Waals surface area contributed by atoms with E-state index in [4.69, 9.17) is 4.74 Å². The lowest BCUT2D eigenvalue weighted by atomic mass is 9.51. The Morgan fingerprint density at radius 1 is 1.17 bits per heavy atom. The van der Waals surface area contributed by atoms with E-state index in [1.54, 1.807) is 0 Å². The number of allylic oxidation sites excluding steroid dienone is 2. The highest BCUT2D eigenvalue weighted by atomic mass is 16.5. The molecule has 188 valence electrons. The van der Waals surface area contributed by atoms with E-state index >= 15 is 0 Å². The highest BCUT2D eigenvalue weighted by Crippen LogP contribution is 2.58. The van der Waals surface area contributed by atoms with E-state index in [-0.39, 0.29) is 29.7 Å². The Kier molecular flexibility index (Phi) is 7.37. The Morgan fingerprint density at radius 2 is 1.89 bits per heavy atom. The van der Waals surface area contributed by atoms with Crippen molar-refractivity contribution < 1.29 is 19.4 Å². The molecule has 1 heterocycles. The maximum Gasteiger partial charge on any atom is 0.303 e. The molecule has 0 bridgehead atoms. The summed E-state index contributed by atoms with van der Waals surface area (Å²) in [5.74, 6) is -0.767. The van der Waals surface area contributed by atoms with Gasteiger partial charge >= 0.3 is 5.97 Å². The number of hydrogen-bond acceptors (Lipinski definition) is 4. The first-order valence-corrected chi connectivity index (χ1v) is 12.9. The molecule has 2 aliphatic carbocycles. The van der Waals surface area contributed by atoms with E-state index in [1.807, 2.05) is 37.3 Å². The van der Waals surface area contributed by atoms with Crippen molar-refractivity contribution in [3.05, 3.63) is 72.4 Å². The lowest BCUT2D eigenvalue weighted by Crippen LogP contribution is -2.60. The molecular weight excluding hydrogens is 438 g/mol. The van der Waals surface area contributed by atoms with Gasteiger partial charge in [0.05, 0.1) is 6.10 Å².